The van der Waals surface area contributed by atoms with Gasteiger partial charge in [0.05, 0.1) is 0 Å². The van der Waals surface area contributed by atoms with Crippen molar-refractivity contribution in [3.05, 3.63) is 23.8 Å². The molecule has 2 N–H and O–H groups in total. The van der Waals surface area contributed by atoms with Gasteiger partial charge in [0.2, 0.25) is 0 Å². The first-order valence-electron chi connectivity index (χ1n) is 4.90. The van der Waals surface area contributed by atoms with Crippen molar-refractivity contribution in [3.63, 3.8) is 0 Å². The summed E-state index contributed by atoms with van der Waals surface area (Å²) in [6.45, 7) is 6.56. The highest BCUT2D eigenvalue weighted by Gasteiger charge is 2.21. The maximum absolute atomic E-state index is 6.02. The summed E-state index contributed by atoms with van der Waals surface area (Å²) in [5.41, 5.74) is 9.42. The summed E-state index contributed by atoms with van der Waals surface area (Å²) in [7, 11) is 4.09. The van der Waals surface area contributed by atoms with E-state index < -0.39 is 0 Å². The Kier molecular flexibility index (Phi) is 2.74. The fourth-order valence-electron chi connectivity index (χ4n) is 1.75. The lowest BCUT2D eigenvalue weighted by molar-refractivity contribution is 0.592. The van der Waals surface area contributed by atoms with Crippen LogP contribution in [0, 0.1) is 0 Å². The smallest absolute Gasteiger partial charge is 0.0419 e. The number of benzene rings is 1. The predicted octanol–water partition coefficient (Wildman–Crippen LogP) is 2.63. The second kappa shape index (κ2) is 3.52. The summed E-state index contributed by atoms with van der Waals surface area (Å²) < 4.78 is 0. The second-order valence-electron chi connectivity index (χ2n) is 4.89. The molecule has 0 amide bonds. The first-order valence-corrected chi connectivity index (χ1v) is 4.90. The highest BCUT2D eigenvalue weighted by atomic mass is 15.1. The van der Waals surface area contributed by atoms with Gasteiger partial charge in [-0.2, -0.15) is 0 Å². The van der Waals surface area contributed by atoms with Crippen LogP contribution in [0.4, 0.5) is 11.4 Å². The minimum atomic E-state index is 0.0882. The molecule has 1 aromatic rings. The highest BCUT2D eigenvalue weighted by Crippen LogP contribution is 2.35. The molecule has 0 aliphatic heterocycles. The van der Waals surface area contributed by atoms with Gasteiger partial charge in [-0.1, -0.05) is 26.8 Å². The molecule has 0 saturated carbocycles. The zero-order valence-electron chi connectivity index (χ0n) is 9.76. The van der Waals surface area contributed by atoms with Crippen molar-refractivity contribution in [1.82, 2.24) is 0 Å². The van der Waals surface area contributed by atoms with Crippen LogP contribution in [0.25, 0.3) is 0 Å². The molecule has 78 valence electrons. The molecular weight excluding hydrogens is 172 g/mol. The van der Waals surface area contributed by atoms with Crippen molar-refractivity contribution in [2.75, 3.05) is 24.7 Å². The molecule has 0 fully saturated rings. The van der Waals surface area contributed by atoms with Crippen molar-refractivity contribution >= 4 is 11.4 Å². The minimum absolute atomic E-state index is 0.0882. The molecule has 0 bridgehead atoms. The minimum Gasteiger partial charge on any atom is -0.398 e. The number of hydrogen-bond acceptors (Lipinski definition) is 2. The van der Waals surface area contributed by atoms with E-state index in [1.54, 1.807) is 0 Å². The Labute approximate surface area is 86.7 Å². The number of nitrogens with zero attached hydrogens (tertiary/aromatic N) is 1. The van der Waals surface area contributed by atoms with Crippen LogP contribution in [-0.4, -0.2) is 14.1 Å². The Morgan fingerprint density at radius 3 is 2.07 bits per heavy atom. The second-order valence-corrected chi connectivity index (χ2v) is 4.89. The van der Waals surface area contributed by atoms with Crippen LogP contribution >= 0.6 is 0 Å². The summed E-state index contributed by atoms with van der Waals surface area (Å²) in [6, 6.07) is 6.07. The van der Waals surface area contributed by atoms with Gasteiger partial charge in [0, 0.05) is 31.0 Å². The van der Waals surface area contributed by atoms with E-state index in [0.717, 1.165) is 5.69 Å². The molecule has 1 aromatic carbocycles. The Morgan fingerprint density at radius 2 is 1.71 bits per heavy atom. The van der Waals surface area contributed by atoms with Crippen LogP contribution in [0.3, 0.4) is 0 Å². The first-order chi connectivity index (χ1) is 6.34. The largest absolute Gasteiger partial charge is 0.398 e. The normalized spacial score (nSPS) is 11.5. The van der Waals surface area contributed by atoms with Crippen LogP contribution in [0.1, 0.15) is 26.3 Å². The van der Waals surface area contributed by atoms with Crippen LogP contribution in [0.15, 0.2) is 18.2 Å². The summed E-state index contributed by atoms with van der Waals surface area (Å²) in [6.07, 6.45) is 0. The average molecular weight is 192 g/mol. The molecule has 0 heterocycles. The zero-order chi connectivity index (χ0) is 10.9. The summed E-state index contributed by atoms with van der Waals surface area (Å²) >= 11 is 0. The number of hydrogen-bond donors (Lipinski definition) is 1. The van der Waals surface area contributed by atoms with Gasteiger partial charge in [0.15, 0.2) is 0 Å². The summed E-state index contributed by atoms with van der Waals surface area (Å²) in [5, 5.41) is 0. The van der Waals surface area contributed by atoms with Gasteiger partial charge >= 0.3 is 0 Å². The molecule has 14 heavy (non-hydrogen) atoms. The van der Waals surface area contributed by atoms with E-state index in [1.807, 2.05) is 26.2 Å². The topological polar surface area (TPSA) is 29.3 Å². The Morgan fingerprint density at radius 1 is 1.14 bits per heavy atom. The maximum Gasteiger partial charge on any atom is 0.0419 e. The Balaban J connectivity index is 3.38. The number of nitrogens with two attached hydrogens (primary N) is 1. The molecule has 0 atom stereocenters. The highest BCUT2D eigenvalue weighted by molar-refractivity contribution is 5.66. The van der Waals surface area contributed by atoms with Crippen LogP contribution in [-0.2, 0) is 5.41 Å². The molecular formula is C12H20N2. The lowest BCUT2D eigenvalue weighted by atomic mass is 9.84. The molecule has 0 saturated heterocycles. The van der Waals surface area contributed by atoms with E-state index in [2.05, 4.69) is 31.7 Å². The monoisotopic (exact) mass is 192 g/mol. The molecule has 1 rings (SSSR count). The number of nitrogen functional groups attached to an aromatic ring is 1. The van der Waals surface area contributed by atoms with Gasteiger partial charge < -0.3 is 10.6 Å². The van der Waals surface area contributed by atoms with Crippen LogP contribution < -0.4 is 10.6 Å². The van der Waals surface area contributed by atoms with Crippen LogP contribution in [0.5, 0.6) is 0 Å². The summed E-state index contributed by atoms with van der Waals surface area (Å²) in [4.78, 5) is 2.11. The molecule has 0 unspecified atom stereocenters. The van der Waals surface area contributed by atoms with Crippen molar-refractivity contribution in [3.8, 4) is 0 Å². The molecule has 2 nitrogen and oxygen atoms in total. The molecule has 2 heteroatoms. The molecule has 0 radical (unpaired) electrons. The average Bonchev–Trinajstić information content (AvgIpc) is 2.01. The van der Waals surface area contributed by atoms with Gasteiger partial charge in [-0.15, -0.1) is 0 Å². The van der Waals surface area contributed by atoms with E-state index in [9.17, 15) is 0 Å². The Bertz CT molecular complexity index is 322. The SMILES string of the molecule is CN(C)c1cccc(N)c1C(C)(C)C. The van der Waals surface area contributed by atoms with Gasteiger partial charge in [-0.05, 0) is 17.5 Å². The third kappa shape index (κ3) is 2.00. The molecule has 0 spiro atoms. The maximum atomic E-state index is 6.02. The van der Waals surface area contributed by atoms with E-state index in [4.69, 9.17) is 5.73 Å². The van der Waals surface area contributed by atoms with Gasteiger partial charge in [-0.3, -0.25) is 0 Å². The fraction of sp³-hybridized carbons (Fsp3) is 0.500. The molecule has 0 aliphatic rings. The van der Waals surface area contributed by atoms with Crippen molar-refractivity contribution in [1.29, 1.82) is 0 Å². The van der Waals surface area contributed by atoms with E-state index in [1.165, 1.54) is 11.3 Å². The third-order valence-corrected chi connectivity index (χ3v) is 2.31. The predicted molar refractivity (Wildman–Crippen MR) is 63.9 cm³/mol. The lowest BCUT2D eigenvalue weighted by Gasteiger charge is -2.28. The van der Waals surface area contributed by atoms with E-state index >= 15 is 0 Å². The van der Waals surface area contributed by atoms with Crippen molar-refractivity contribution in [2.24, 2.45) is 0 Å². The van der Waals surface area contributed by atoms with Crippen molar-refractivity contribution in [2.45, 2.75) is 26.2 Å². The summed E-state index contributed by atoms with van der Waals surface area (Å²) in [5.74, 6) is 0. The van der Waals surface area contributed by atoms with Crippen molar-refractivity contribution < 1.29 is 0 Å². The Hall–Kier alpha value is -1.18. The number of anilines is 2. The van der Waals surface area contributed by atoms with Gasteiger partial charge in [0.25, 0.3) is 0 Å². The van der Waals surface area contributed by atoms with Gasteiger partial charge in [-0.25, -0.2) is 0 Å². The number of rotatable bonds is 1. The quantitative estimate of drug-likeness (QED) is 0.693. The fourth-order valence-corrected chi connectivity index (χ4v) is 1.75. The van der Waals surface area contributed by atoms with E-state index in [-0.39, 0.29) is 5.41 Å². The first kappa shape index (κ1) is 10.9. The van der Waals surface area contributed by atoms with Gasteiger partial charge in [0.1, 0.15) is 0 Å². The molecule has 0 aliphatic carbocycles. The lowest BCUT2D eigenvalue weighted by Crippen LogP contribution is -2.20. The standard InChI is InChI=1S/C12H20N2/c1-12(2,3)11-9(13)7-6-8-10(11)14(4)5/h6-8H,13H2,1-5H3. The zero-order valence-corrected chi connectivity index (χ0v) is 9.76. The van der Waals surface area contributed by atoms with E-state index in [0.29, 0.717) is 0 Å². The molecule has 0 aromatic heterocycles. The van der Waals surface area contributed by atoms with Crippen LogP contribution in [0.2, 0.25) is 0 Å². The third-order valence-electron chi connectivity index (χ3n) is 2.31.